The van der Waals surface area contributed by atoms with Crippen molar-refractivity contribution >= 4 is 11.5 Å². The van der Waals surface area contributed by atoms with E-state index in [0.29, 0.717) is 6.54 Å². The summed E-state index contributed by atoms with van der Waals surface area (Å²) in [6.45, 7) is 3.60. The van der Waals surface area contributed by atoms with Crippen LogP contribution in [-0.2, 0) is 6.54 Å². The number of hydrogen-bond acceptors (Lipinski definition) is 4. The molecule has 0 amide bonds. The van der Waals surface area contributed by atoms with Crippen molar-refractivity contribution in [1.82, 2.24) is 4.98 Å². The summed E-state index contributed by atoms with van der Waals surface area (Å²) in [5, 5.41) is 12.2. The highest BCUT2D eigenvalue weighted by atomic mass is 16.3. The van der Waals surface area contributed by atoms with E-state index in [1.807, 2.05) is 30.3 Å². The molecule has 2 aromatic rings. The number of aryl methyl sites for hydroxylation is 1. The Bertz CT molecular complexity index is 522. The summed E-state index contributed by atoms with van der Waals surface area (Å²) in [5.74, 6) is 0.853. The number of rotatable bonds is 6. The molecule has 1 aromatic heterocycles. The molecule has 0 spiro atoms. The third-order valence-electron chi connectivity index (χ3n) is 3.22. The molecule has 1 heterocycles. The molecule has 0 unspecified atom stereocenters. The van der Waals surface area contributed by atoms with Gasteiger partial charge in [0, 0.05) is 20.1 Å². The number of anilines is 2. The van der Waals surface area contributed by atoms with Crippen molar-refractivity contribution in [3.63, 3.8) is 0 Å². The first-order chi connectivity index (χ1) is 9.69. The average Bonchev–Trinajstić information content (AvgIpc) is 2.47. The van der Waals surface area contributed by atoms with Gasteiger partial charge in [-0.25, -0.2) is 4.98 Å². The van der Waals surface area contributed by atoms with Crippen LogP contribution in [0.1, 0.15) is 11.1 Å². The number of nitrogens with one attached hydrogen (secondary N) is 1. The zero-order valence-electron chi connectivity index (χ0n) is 12.0. The van der Waals surface area contributed by atoms with Crippen LogP contribution in [0.3, 0.4) is 0 Å². The van der Waals surface area contributed by atoms with Gasteiger partial charge in [-0.1, -0.05) is 29.8 Å². The molecule has 2 rings (SSSR count). The Morgan fingerprint density at radius 1 is 1.15 bits per heavy atom. The van der Waals surface area contributed by atoms with Crippen LogP contribution >= 0.6 is 0 Å². The molecular formula is C16H21N3O. The Morgan fingerprint density at radius 3 is 2.50 bits per heavy atom. The maximum Gasteiger partial charge on any atom is 0.126 e. The summed E-state index contributed by atoms with van der Waals surface area (Å²) in [6.07, 6.45) is 1.81. The third-order valence-corrected chi connectivity index (χ3v) is 3.22. The quantitative estimate of drug-likeness (QED) is 0.847. The van der Waals surface area contributed by atoms with Gasteiger partial charge in [-0.3, -0.25) is 0 Å². The lowest BCUT2D eigenvalue weighted by Crippen LogP contribution is -2.21. The van der Waals surface area contributed by atoms with Crippen LogP contribution in [-0.4, -0.2) is 30.3 Å². The van der Waals surface area contributed by atoms with Gasteiger partial charge in [0.1, 0.15) is 5.82 Å². The normalized spacial score (nSPS) is 10.3. The fraction of sp³-hybridized carbons (Fsp3) is 0.312. The fourth-order valence-electron chi connectivity index (χ4n) is 1.89. The second-order valence-corrected chi connectivity index (χ2v) is 4.89. The first kappa shape index (κ1) is 14.3. The number of aliphatic hydroxyl groups is 1. The van der Waals surface area contributed by atoms with Crippen LogP contribution in [0, 0.1) is 6.92 Å². The highest BCUT2D eigenvalue weighted by molar-refractivity contribution is 5.49. The summed E-state index contributed by atoms with van der Waals surface area (Å²) in [7, 11) is 1.94. The highest BCUT2D eigenvalue weighted by Gasteiger charge is 2.01. The maximum absolute atomic E-state index is 8.91. The Kier molecular flexibility index (Phi) is 4.96. The number of aromatic nitrogens is 1. The highest BCUT2D eigenvalue weighted by Crippen LogP contribution is 2.14. The standard InChI is InChI=1S/C16H21N3O/c1-13-3-5-14(6-4-13)11-17-16-8-7-15(12-18-16)19(2)9-10-20/h3-8,12,20H,9-11H2,1-2H3,(H,17,18). The first-order valence-corrected chi connectivity index (χ1v) is 6.76. The van der Waals surface area contributed by atoms with E-state index in [9.17, 15) is 0 Å². The van der Waals surface area contributed by atoms with Crippen LogP contribution in [0.2, 0.25) is 0 Å². The van der Waals surface area contributed by atoms with Gasteiger partial charge in [0.05, 0.1) is 18.5 Å². The van der Waals surface area contributed by atoms with E-state index in [-0.39, 0.29) is 6.61 Å². The molecule has 4 heteroatoms. The van der Waals surface area contributed by atoms with E-state index in [1.54, 1.807) is 0 Å². The number of hydrogen-bond donors (Lipinski definition) is 2. The van der Waals surface area contributed by atoms with E-state index < -0.39 is 0 Å². The van der Waals surface area contributed by atoms with E-state index >= 15 is 0 Å². The molecule has 0 fully saturated rings. The third kappa shape index (κ3) is 3.96. The summed E-state index contributed by atoms with van der Waals surface area (Å²) in [6, 6.07) is 12.4. The minimum absolute atomic E-state index is 0.143. The molecule has 0 bridgehead atoms. The number of likely N-dealkylation sites (N-methyl/N-ethyl adjacent to an activating group) is 1. The molecule has 0 saturated heterocycles. The summed E-state index contributed by atoms with van der Waals surface area (Å²) >= 11 is 0. The lowest BCUT2D eigenvalue weighted by Gasteiger charge is -2.17. The average molecular weight is 271 g/mol. The van der Waals surface area contributed by atoms with E-state index in [0.717, 1.165) is 18.1 Å². The number of aliphatic hydroxyl groups excluding tert-OH is 1. The van der Waals surface area contributed by atoms with Crippen LogP contribution in [0.5, 0.6) is 0 Å². The topological polar surface area (TPSA) is 48.4 Å². The molecule has 0 radical (unpaired) electrons. The van der Waals surface area contributed by atoms with Crippen molar-refractivity contribution < 1.29 is 5.11 Å². The van der Waals surface area contributed by atoms with Gasteiger partial charge in [-0.2, -0.15) is 0 Å². The fourth-order valence-corrected chi connectivity index (χ4v) is 1.89. The molecule has 0 atom stereocenters. The zero-order valence-corrected chi connectivity index (χ0v) is 12.0. The van der Waals surface area contributed by atoms with Gasteiger partial charge in [-0.05, 0) is 24.6 Å². The lowest BCUT2D eigenvalue weighted by molar-refractivity contribution is 0.304. The van der Waals surface area contributed by atoms with Crippen molar-refractivity contribution in [3.8, 4) is 0 Å². The second-order valence-electron chi connectivity index (χ2n) is 4.89. The first-order valence-electron chi connectivity index (χ1n) is 6.76. The predicted octanol–water partition coefficient (Wildman–Crippen LogP) is 2.43. The van der Waals surface area contributed by atoms with E-state index in [4.69, 9.17) is 5.11 Å². The van der Waals surface area contributed by atoms with Gasteiger partial charge in [0.2, 0.25) is 0 Å². The number of benzene rings is 1. The molecule has 0 aliphatic heterocycles. The molecule has 2 N–H and O–H groups in total. The lowest BCUT2D eigenvalue weighted by atomic mass is 10.1. The van der Waals surface area contributed by atoms with Crippen LogP contribution < -0.4 is 10.2 Å². The summed E-state index contributed by atoms with van der Waals surface area (Å²) in [5.41, 5.74) is 3.50. The molecule has 0 aliphatic carbocycles. The summed E-state index contributed by atoms with van der Waals surface area (Å²) < 4.78 is 0. The van der Waals surface area contributed by atoms with Gasteiger partial charge < -0.3 is 15.3 Å². The van der Waals surface area contributed by atoms with Crippen LogP contribution in [0.4, 0.5) is 11.5 Å². The maximum atomic E-state index is 8.91. The van der Waals surface area contributed by atoms with Crippen molar-refractivity contribution in [2.24, 2.45) is 0 Å². The van der Waals surface area contributed by atoms with E-state index in [2.05, 4.69) is 41.5 Å². The molecule has 0 saturated carbocycles. The van der Waals surface area contributed by atoms with Crippen LogP contribution in [0.15, 0.2) is 42.6 Å². The van der Waals surface area contributed by atoms with Crippen molar-refractivity contribution in [2.75, 3.05) is 30.4 Å². The number of nitrogens with zero attached hydrogens (tertiary/aromatic N) is 2. The largest absolute Gasteiger partial charge is 0.395 e. The number of pyridine rings is 1. The molecule has 1 aromatic carbocycles. The predicted molar refractivity (Wildman–Crippen MR) is 83.1 cm³/mol. The van der Waals surface area contributed by atoms with Crippen LogP contribution in [0.25, 0.3) is 0 Å². The monoisotopic (exact) mass is 271 g/mol. The summed E-state index contributed by atoms with van der Waals surface area (Å²) in [4.78, 5) is 6.35. The zero-order chi connectivity index (χ0) is 14.4. The smallest absolute Gasteiger partial charge is 0.126 e. The van der Waals surface area contributed by atoms with Gasteiger partial charge in [0.25, 0.3) is 0 Å². The van der Waals surface area contributed by atoms with Crippen molar-refractivity contribution in [3.05, 3.63) is 53.7 Å². The Labute approximate surface area is 120 Å². The molecule has 20 heavy (non-hydrogen) atoms. The van der Waals surface area contributed by atoms with Crippen molar-refractivity contribution in [2.45, 2.75) is 13.5 Å². The molecule has 106 valence electrons. The van der Waals surface area contributed by atoms with E-state index in [1.165, 1.54) is 11.1 Å². The SMILES string of the molecule is Cc1ccc(CNc2ccc(N(C)CCO)cn2)cc1. The minimum atomic E-state index is 0.143. The van der Waals surface area contributed by atoms with Gasteiger partial charge >= 0.3 is 0 Å². The van der Waals surface area contributed by atoms with Gasteiger partial charge in [0.15, 0.2) is 0 Å². The van der Waals surface area contributed by atoms with Gasteiger partial charge in [-0.15, -0.1) is 0 Å². The Balaban J connectivity index is 1.92. The Morgan fingerprint density at radius 2 is 1.90 bits per heavy atom. The molecule has 0 aliphatic rings. The second kappa shape index (κ2) is 6.91. The van der Waals surface area contributed by atoms with Crippen molar-refractivity contribution in [1.29, 1.82) is 0 Å². The Hall–Kier alpha value is -2.07. The minimum Gasteiger partial charge on any atom is -0.395 e. The molecular weight excluding hydrogens is 250 g/mol. The molecule has 4 nitrogen and oxygen atoms in total.